The second-order valence-corrected chi connectivity index (χ2v) is 8.15. The lowest BCUT2D eigenvalue weighted by atomic mass is 9.83. The molecule has 4 atom stereocenters. The molecule has 1 aromatic heterocycles. The van der Waals surface area contributed by atoms with Gasteiger partial charge in [0.2, 0.25) is 0 Å². The first-order chi connectivity index (χ1) is 11.5. The van der Waals surface area contributed by atoms with Crippen LogP contribution in [0.2, 0.25) is 0 Å². The lowest BCUT2D eigenvalue weighted by Gasteiger charge is -2.29. The first-order valence-electron chi connectivity index (χ1n) is 9.14. The van der Waals surface area contributed by atoms with Gasteiger partial charge in [-0.3, -0.25) is 0 Å². The van der Waals surface area contributed by atoms with Gasteiger partial charge in [0.25, 0.3) is 0 Å². The van der Waals surface area contributed by atoms with Gasteiger partial charge in [-0.15, -0.1) is 5.10 Å². The standard InChI is InChI=1S/C17H25N3O4/c1-16(2)23-14-15(24-16)22-12-9-20-13(17(12,14)21)11(18-19-20)8-10-6-4-3-5-7-10/h10,12,14-15,21H,3-9H2,1-2H3/t12?,14-,15+,17-/m0/s1. The first kappa shape index (κ1) is 15.3. The molecule has 0 aromatic carbocycles. The molecule has 0 spiro atoms. The Bertz CT molecular complexity index is 654. The fourth-order valence-corrected chi connectivity index (χ4v) is 4.92. The lowest BCUT2D eigenvalue weighted by Crippen LogP contribution is -2.44. The summed E-state index contributed by atoms with van der Waals surface area (Å²) < 4.78 is 19.5. The Labute approximate surface area is 141 Å². The third kappa shape index (κ3) is 2.05. The summed E-state index contributed by atoms with van der Waals surface area (Å²) >= 11 is 0. The van der Waals surface area contributed by atoms with E-state index in [1.165, 1.54) is 32.1 Å². The fraction of sp³-hybridized carbons (Fsp3) is 0.882. The van der Waals surface area contributed by atoms with Crippen LogP contribution in [-0.2, 0) is 32.8 Å². The Kier molecular flexibility index (Phi) is 3.18. The maximum Gasteiger partial charge on any atom is 0.191 e. The van der Waals surface area contributed by atoms with E-state index in [1.54, 1.807) is 4.68 Å². The molecule has 3 fully saturated rings. The van der Waals surface area contributed by atoms with Gasteiger partial charge in [-0.25, -0.2) is 4.68 Å². The van der Waals surface area contributed by atoms with Crippen LogP contribution in [0.4, 0.5) is 0 Å². The molecule has 1 unspecified atom stereocenters. The Morgan fingerprint density at radius 3 is 2.79 bits per heavy atom. The zero-order valence-corrected chi connectivity index (χ0v) is 14.3. The molecular weight excluding hydrogens is 310 g/mol. The van der Waals surface area contributed by atoms with Crippen molar-refractivity contribution in [1.29, 1.82) is 0 Å². The number of fused-ring (bicyclic) bond motifs is 5. The highest BCUT2D eigenvalue weighted by atomic mass is 16.8. The Hall–Kier alpha value is -1.02. The molecule has 0 radical (unpaired) electrons. The van der Waals surface area contributed by atoms with Gasteiger partial charge in [0.15, 0.2) is 17.7 Å². The molecule has 7 nitrogen and oxygen atoms in total. The van der Waals surface area contributed by atoms with Crippen LogP contribution in [-0.4, -0.2) is 44.4 Å². The van der Waals surface area contributed by atoms with Gasteiger partial charge in [0, 0.05) is 0 Å². The van der Waals surface area contributed by atoms with E-state index in [-0.39, 0.29) is 6.10 Å². The quantitative estimate of drug-likeness (QED) is 0.882. The van der Waals surface area contributed by atoms with E-state index in [0.717, 1.165) is 17.8 Å². The van der Waals surface area contributed by atoms with E-state index in [2.05, 4.69) is 10.3 Å². The van der Waals surface area contributed by atoms with Crippen molar-refractivity contribution in [3.63, 3.8) is 0 Å². The molecule has 0 amide bonds. The third-order valence-electron chi connectivity index (χ3n) is 6.01. The summed E-state index contributed by atoms with van der Waals surface area (Å²) in [6.45, 7) is 4.20. The van der Waals surface area contributed by atoms with Crippen LogP contribution in [0.25, 0.3) is 0 Å². The minimum atomic E-state index is -1.22. The molecule has 4 aliphatic rings. The van der Waals surface area contributed by atoms with E-state index in [1.807, 2.05) is 13.8 Å². The highest BCUT2D eigenvalue weighted by molar-refractivity contribution is 5.30. The Balaban J connectivity index is 1.47. The van der Waals surface area contributed by atoms with Crippen LogP contribution in [0.3, 0.4) is 0 Å². The summed E-state index contributed by atoms with van der Waals surface area (Å²) in [6, 6.07) is 0. The highest BCUT2D eigenvalue weighted by Crippen LogP contribution is 2.52. The molecule has 4 heterocycles. The van der Waals surface area contributed by atoms with Crippen molar-refractivity contribution < 1.29 is 19.3 Å². The average Bonchev–Trinajstić information content (AvgIpc) is 3.20. The van der Waals surface area contributed by atoms with Crippen LogP contribution in [0, 0.1) is 5.92 Å². The average molecular weight is 335 g/mol. The molecule has 1 aliphatic carbocycles. The molecular formula is C17H25N3O4. The predicted octanol–water partition coefficient (Wildman–Crippen LogP) is 1.48. The molecule has 3 aliphatic heterocycles. The second-order valence-electron chi connectivity index (χ2n) is 8.15. The van der Waals surface area contributed by atoms with Gasteiger partial charge in [0.1, 0.15) is 12.2 Å². The van der Waals surface area contributed by atoms with Gasteiger partial charge in [-0.1, -0.05) is 37.3 Å². The Morgan fingerprint density at radius 1 is 1.21 bits per heavy atom. The maximum absolute atomic E-state index is 11.6. The zero-order chi connectivity index (χ0) is 16.5. The minimum absolute atomic E-state index is 0.376. The summed E-state index contributed by atoms with van der Waals surface area (Å²) in [4.78, 5) is 0. The summed E-state index contributed by atoms with van der Waals surface area (Å²) in [5, 5.41) is 20.2. The summed E-state index contributed by atoms with van der Waals surface area (Å²) in [6.07, 6.45) is 5.85. The topological polar surface area (TPSA) is 78.6 Å². The summed E-state index contributed by atoms with van der Waals surface area (Å²) in [7, 11) is 0. The number of ether oxygens (including phenoxy) is 3. The van der Waals surface area contributed by atoms with Crippen molar-refractivity contribution in [2.45, 2.75) is 88.8 Å². The molecule has 1 aromatic rings. The number of rotatable bonds is 2. The highest BCUT2D eigenvalue weighted by Gasteiger charge is 2.68. The van der Waals surface area contributed by atoms with Crippen molar-refractivity contribution in [2.24, 2.45) is 5.92 Å². The van der Waals surface area contributed by atoms with Crippen LogP contribution in [0.1, 0.15) is 57.3 Å². The molecule has 1 N–H and O–H groups in total. The largest absolute Gasteiger partial charge is 0.378 e. The second kappa shape index (κ2) is 5.00. The molecule has 132 valence electrons. The fourth-order valence-electron chi connectivity index (χ4n) is 4.92. The van der Waals surface area contributed by atoms with E-state index in [4.69, 9.17) is 14.2 Å². The first-order valence-corrected chi connectivity index (χ1v) is 9.14. The Morgan fingerprint density at radius 2 is 2.00 bits per heavy atom. The number of hydrogen-bond donors (Lipinski definition) is 1. The lowest BCUT2D eigenvalue weighted by molar-refractivity contribution is -0.228. The molecule has 0 bridgehead atoms. The van der Waals surface area contributed by atoms with E-state index in [9.17, 15) is 5.11 Å². The van der Waals surface area contributed by atoms with Gasteiger partial charge in [-0.2, -0.15) is 0 Å². The van der Waals surface area contributed by atoms with Crippen molar-refractivity contribution in [3.05, 3.63) is 11.4 Å². The zero-order valence-electron chi connectivity index (χ0n) is 14.3. The number of hydrogen-bond acceptors (Lipinski definition) is 6. The van der Waals surface area contributed by atoms with Gasteiger partial charge >= 0.3 is 0 Å². The van der Waals surface area contributed by atoms with Gasteiger partial charge < -0.3 is 19.3 Å². The number of nitrogens with zero attached hydrogens (tertiary/aromatic N) is 3. The van der Waals surface area contributed by atoms with Crippen molar-refractivity contribution in [1.82, 2.24) is 15.0 Å². The monoisotopic (exact) mass is 335 g/mol. The van der Waals surface area contributed by atoms with Crippen LogP contribution < -0.4 is 0 Å². The molecule has 24 heavy (non-hydrogen) atoms. The van der Waals surface area contributed by atoms with Gasteiger partial charge in [-0.05, 0) is 26.2 Å². The number of aromatic nitrogens is 3. The minimum Gasteiger partial charge on any atom is -0.378 e. The van der Waals surface area contributed by atoms with Crippen molar-refractivity contribution >= 4 is 0 Å². The third-order valence-corrected chi connectivity index (χ3v) is 6.01. The molecule has 2 saturated heterocycles. The van der Waals surface area contributed by atoms with Crippen LogP contribution in [0.15, 0.2) is 0 Å². The maximum atomic E-state index is 11.6. The van der Waals surface area contributed by atoms with Crippen LogP contribution >= 0.6 is 0 Å². The van der Waals surface area contributed by atoms with Crippen molar-refractivity contribution in [2.75, 3.05) is 0 Å². The molecule has 1 saturated carbocycles. The summed E-state index contributed by atoms with van der Waals surface area (Å²) in [5.41, 5.74) is 0.475. The van der Waals surface area contributed by atoms with E-state index < -0.39 is 23.8 Å². The molecule has 7 heteroatoms. The van der Waals surface area contributed by atoms with E-state index >= 15 is 0 Å². The number of aliphatic hydroxyl groups is 1. The molecule has 5 rings (SSSR count). The van der Waals surface area contributed by atoms with Gasteiger partial charge in [0.05, 0.1) is 17.9 Å². The predicted molar refractivity (Wildman–Crippen MR) is 82.9 cm³/mol. The van der Waals surface area contributed by atoms with Crippen LogP contribution in [0.5, 0.6) is 0 Å². The smallest absolute Gasteiger partial charge is 0.191 e. The summed E-state index contributed by atoms with van der Waals surface area (Å²) in [5.74, 6) is -0.112. The van der Waals surface area contributed by atoms with Crippen molar-refractivity contribution in [3.8, 4) is 0 Å². The SMILES string of the molecule is CC1(C)O[C@H]2OC3Cn4nnc(CC5CCCCC5)c4[C@]3(O)[C@H]2O1. The normalized spacial score (nSPS) is 40.5. The van der Waals surface area contributed by atoms with E-state index in [0.29, 0.717) is 12.5 Å².